The maximum absolute atomic E-state index is 5.67. The predicted octanol–water partition coefficient (Wildman–Crippen LogP) is 3.54. The standard InChI is InChI=1S/C17H25N3O/c1-5-20-16(10-11-19-20)12-18-14(4)15-6-8-17(9-7-15)21-13(2)3/h6-11,13-14,18H,5,12H2,1-4H3. The molecule has 0 saturated carbocycles. The lowest BCUT2D eigenvalue weighted by atomic mass is 10.1. The summed E-state index contributed by atoms with van der Waals surface area (Å²) in [4.78, 5) is 0. The second-order valence-corrected chi connectivity index (χ2v) is 5.48. The number of hydrogen-bond acceptors (Lipinski definition) is 3. The van der Waals surface area contributed by atoms with Gasteiger partial charge >= 0.3 is 0 Å². The second kappa shape index (κ2) is 7.27. The highest BCUT2D eigenvalue weighted by molar-refractivity contribution is 5.29. The lowest BCUT2D eigenvalue weighted by Crippen LogP contribution is -2.20. The van der Waals surface area contributed by atoms with Gasteiger partial charge in [0.2, 0.25) is 0 Å². The van der Waals surface area contributed by atoms with Gasteiger partial charge < -0.3 is 10.1 Å². The van der Waals surface area contributed by atoms with E-state index in [0.717, 1.165) is 18.8 Å². The van der Waals surface area contributed by atoms with E-state index in [-0.39, 0.29) is 6.10 Å². The van der Waals surface area contributed by atoms with Crippen molar-refractivity contribution in [2.45, 2.75) is 52.9 Å². The summed E-state index contributed by atoms with van der Waals surface area (Å²) < 4.78 is 7.68. The fourth-order valence-corrected chi connectivity index (χ4v) is 2.28. The monoisotopic (exact) mass is 287 g/mol. The van der Waals surface area contributed by atoms with Crippen molar-refractivity contribution >= 4 is 0 Å². The van der Waals surface area contributed by atoms with E-state index in [1.807, 2.05) is 36.9 Å². The fourth-order valence-electron chi connectivity index (χ4n) is 2.28. The van der Waals surface area contributed by atoms with E-state index in [0.29, 0.717) is 6.04 Å². The smallest absolute Gasteiger partial charge is 0.119 e. The fraction of sp³-hybridized carbons (Fsp3) is 0.471. The van der Waals surface area contributed by atoms with Gasteiger partial charge in [-0.3, -0.25) is 4.68 Å². The Hall–Kier alpha value is -1.81. The molecule has 0 aliphatic heterocycles. The van der Waals surface area contributed by atoms with E-state index in [1.165, 1.54) is 11.3 Å². The highest BCUT2D eigenvalue weighted by Gasteiger charge is 2.07. The number of aryl methyl sites for hydroxylation is 1. The molecule has 2 aromatic rings. The molecule has 1 atom stereocenters. The van der Waals surface area contributed by atoms with E-state index in [2.05, 4.69) is 42.5 Å². The molecule has 0 amide bonds. The first-order valence-corrected chi connectivity index (χ1v) is 7.60. The van der Waals surface area contributed by atoms with Crippen molar-refractivity contribution in [1.29, 1.82) is 0 Å². The summed E-state index contributed by atoms with van der Waals surface area (Å²) in [7, 11) is 0. The lowest BCUT2D eigenvalue weighted by molar-refractivity contribution is 0.242. The van der Waals surface area contributed by atoms with E-state index in [1.54, 1.807) is 0 Å². The van der Waals surface area contributed by atoms with Crippen molar-refractivity contribution in [3.63, 3.8) is 0 Å². The van der Waals surface area contributed by atoms with Crippen molar-refractivity contribution in [3.05, 3.63) is 47.8 Å². The molecule has 0 aliphatic carbocycles. The lowest BCUT2D eigenvalue weighted by Gasteiger charge is -2.16. The maximum Gasteiger partial charge on any atom is 0.119 e. The van der Waals surface area contributed by atoms with Crippen LogP contribution < -0.4 is 10.1 Å². The molecule has 4 nitrogen and oxygen atoms in total. The van der Waals surface area contributed by atoms with Gasteiger partial charge in [0, 0.05) is 25.3 Å². The van der Waals surface area contributed by atoms with Gasteiger partial charge in [0.25, 0.3) is 0 Å². The summed E-state index contributed by atoms with van der Waals surface area (Å²) in [5.41, 5.74) is 2.47. The molecule has 0 saturated heterocycles. The van der Waals surface area contributed by atoms with Crippen LogP contribution >= 0.6 is 0 Å². The quantitative estimate of drug-likeness (QED) is 0.846. The summed E-state index contributed by atoms with van der Waals surface area (Å²) in [6, 6.07) is 10.6. The molecule has 0 bridgehead atoms. The average molecular weight is 287 g/mol. The van der Waals surface area contributed by atoms with Gasteiger partial charge in [-0.1, -0.05) is 12.1 Å². The molecule has 0 fully saturated rings. The number of nitrogens with zero attached hydrogens (tertiary/aromatic N) is 2. The van der Waals surface area contributed by atoms with Crippen molar-refractivity contribution in [2.24, 2.45) is 0 Å². The Labute approximate surface area is 127 Å². The van der Waals surface area contributed by atoms with Gasteiger partial charge in [0.05, 0.1) is 11.8 Å². The van der Waals surface area contributed by atoms with Crippen molar-refractivity contribution in [1.82, 2.24) is 15.1 Å². The summed E-state index contributed by atoms with van der Waals surface area (Å²) in [6.45, 7) is 10.1. The molecule has 1 aromatic carbocycles. The minimum atomic E-state index is 0.209. The summed E-state index contributed by atoms with van der Waals surface area (Å²) in [5.74, 6) is 0.921. The number of aromatic nitrogens is 2. The summed E-state index contributed by atoms with van der Waals surface area (Å²) in [6.07, 6.45) is 2.06. The van der Waals surface area contributed by atoms with E-state index in [9.17, 15) is 0 Å². The Morgan fingerprint density at radius 1 is 1.14 bits per heavy atom. The first-order valence-electron chi connectivity index (χ1n) is 7.60. The van der Waals surface area contributed by atoms with E-state index in [4.69, 9.17) is 4.74 Å². The highest BCUT2D eigenvalue weighted by atomic mass is 16.5. The minimum absolute atomic E-state index is 0.209. The number of ether oxygens (including phenoxy) is 1. The minimum Gasteiger partial charge on any atom is -0.491 e. The average Bonchev–Trinajstić information content (AvgIpc) is 2.92. The van der Waals surface area contributed by atoms with Crippen molar-refractivity contribution in [3.8, 4) is 5.75 Å². The number of nitrogens with one attached hydrogen (secondary N) is 1. The van der Waals surface area contributed by atoms with Crippen LogP contribution in [-0.2, 0) is 13.1 Å². The van der Waals surface area contributed by atoms with Gasteiger partial charge in [-0.2, -0.15) is 5.10 Å². The molecule has 1 aromatic heterocycles. The van der Waals surface area contributed by atoms with E-state index >= 15 is 0 Å². The van der Waals surface area contributed by atoms with Gasteiger partial charge in [-0.15, -0.1) is 0 Å². The first-order chi connectivity index (χ1) is 10.1. The van der Waals surface area contributed by atoms with Gasteiger partial charge in [-0.25, -0.2) is 0 Å². The topological polar surface area (TPSA) is 39.1 Å². The molecule has 0 aliphatic rings. The molecule has 1 unspecified atom stereocenters. The Morgan fingerprint density at radius 3 is 2.48 bits per heavy atom. The van der Waals surface area contributed by atoms with Crippen LogP contribution in [0.15, 0.2) is 36.5 Å². The van der Waals surface area contributed by atoms with Crippen LogP contribution in [0, 0.1) is 0 Å². The molecular weight excluding hydrogens is 262 g/mol. The molecule has 1 N–H and O–H groups in total. The molecule has 0 radical (unpaired) electrons. The highest BCUT2D eigenvalue weighted by Crippen LogP contribution is 2.19. The zero-order chi connectivity index (χ0) is 15.2. The zero-order valence-electron chi connectivity index (χ0n) is 13.3. The Morgan fingerprint density at radius 2 is 1.86 bits per heavy atom. The number of rotatable bonds is 7. The second-order valence-electron chi connectivity index (χ2n) is 5.48. The number of hydrogen-bond donors (Lipinski definition) is 1. The third kappa shape index (κ3) is 4.33. The molecular formula is C17H25N3O. The van der Waals surface area contributed by atoms with Crippen molar-refractivity contribution in [2.75, 3.05) is 0 Å². The molecule has 2 rings (SSSR count). The van der Waals surface area contributed by atoms with Gasteiger partial charge in [-0.05, 0) is 51.5 Å². The van der Waals surface area contributed by atoms with E-state index < -0.39 is 0 Å². The van der Waals surface area contributed by atoms with Gasteiger partial charge in [0.1, 0.15) is 5.75 Å². The normalized spacial score (nSPS) is 12.6. The first kappa shape index (κ1) is 15.6. The third-order valence-corrected chi connectivity index (χ3v) is 3.45. The summed E-state index contributed by atoms with van der Waals surface area (Å²) in [5, 5.41) is 7.82. The number of benzene rings is 1. The maximum atomic E-state index is 5.67. The van der Waals surface area contributed by atoms with Crippen LogP contribution in [0.1, 0.15) is 45.0 Å². The van der Waals surface area contributed by atoms with Crippen LogP contribution in [0.3, 0.4) is 0 Å². The zero-order valence-corrected chi connectivity index (χ0v) is 13.3. The Bertz CT molecular complexity index is 545. The summed E-state index contributed by atoms with van der Waals surface area (Å²) >= 11 is 0. The molecule has 4 heteroatoms. The Balaban J connectivity index is 1.92. The predicted molar refractivity (Wildman–Crippen MR) is 85.4 cm³/mol. The van der Waals surface area contributed by atoms with Crippen LogP contribution in [0.4, 0.5) is 0 Å². The SMILES string of the molecule is CCn1nccc1CNC(C)c1ccc(OC(C)C)cc1. The van der Waals surface area contributed by atoms with Crippen molar-refractivity contribution < 1.29 is 4.74 Å². The molecule has 21 heavy (non-hydrogen) atoms. The molecule has 114 valence electrons. The van der Waals surface area contributed by atoms with Gasteiger partial charge in [0.15, 0.2) is 0 Å². The Kier molecular flexibility index (Phi) is 5.39. The third-order valence-electron chi connectivity index (χ3n) is 3.45. The van der Waals surface area contributed by atoms with Crippen LogP contribution in [-0.4, -0.2) is 15.9 Å². The molecule has 0 spiro atoms. The van der Waals surface area contributed by atoms with Crippen LogP contribution in [0.5, 0.6) is 5.75 Å². The molecule has 1 heterocycles. The van der Waals surface area contributed by atoms with Crippen LogP contribution in [0.2, 0.25) is 0 Å². The largest absolute Gasteiger partial charge is 0.491 e. The van der Waals surface area contributed by atoms with Crippen LogP contribution in [0.25, 0.3) is 0 Å².